The van der Waals surface area contributed by atoms with Crippen molar-refractivity contribution in [2.24, 2.45) is 0 Å². The number of hydrogen-bond acceptors (Lipinski definition) is 4. The van der Waals surface area contributed by atoms with E-state index in [4.69, 9.17) is 0 Å². The number of anilines is 1. The van der Waals surface area contributed by atoms with Crippen molar-refractivity contribution >= 4 is 17.4 Å². The van der Waals surface area contributed by atoms with Crippen LogP contribution >= 0.6 is 0 Å². The topological polar surface area (TPSA) is 90.1 Å². The molecule has 7 nitrogen and oxygen atoms in total. The molecule has 1 heterocycles. The summed E-state index contributed by atoms with van der Waals surface area (Å²) in [6.45, 7) is 1.06. The fourth-order valence-electron chi connectivity index (χ4n) is 1.91. The van der Waals surface area contributed by atoms with Gasteiger partial charge in [-0.25, -0.2) is 0 Å². The van der Waals surface area contributed by atoms with Gasteiger partial charge in [-0.15, -0.1) is 0 Å². The van der Waals surface area contributed by atoms with E-state index in [9.17, 15) is 28.1 Å². The van der Waals surface area contributed by atoms with Gasteiger partial charge in [0.05, 0.1) is 28.1 Å². The third kappa shape index (κ3) is 3.84. The molecular formula is C13H11F3N4O3. The standard InChI is InChI=1S/C13H11F3N4O3/c1-8-6-11(20(22)23)18-19(8)7-12(21)17-10-5-3-2-4-9(10)13(14,15)16/h2-6H,7H2,1H3,(H,17,21). The molecule has 0 aliphatic rings. The number of amides is 1. The molecule has 2 aromatic rings. The lowest BCUT2D eigenvalue weighted by Gasteiger charge is -2.13. The predicted molar refractivity (Wildman–Crippen MR) is 73.7 cm³/mol. The molecule has 1 N–H and O–H groups in total. The van der Waals surface area contributed by atoms with E-state index in [2.05, 4.69) is 10.4 Å². The van der Waals surface area contributed by atoms with Crippen LogP contribution in [0.1, 0.15) is 11.3 Å². The summed E-state index contributed by atoms with van der Waals surface area (Å²) in [6, 6.07) is 5.70. The molecule has 10 heteroatoms. The van der Waals surface area contributed by atoms with Crippen LogP contribution in [0, 0.1) is 17.0 Å². The summed E-state index contributed by atoms with van der Waals surface area (Å²) in [6.07, 6.45) is -4.61. The zero-order chi connectivity index (χ0) is 17.2. The highest BCUT2D eigenvalue weighted by Gasteiger charge is 2.33. The molecule has 0 spiro atoms. The Balaban J connectivity index is 2.16. The Hall–Kier alpha value is -2.91. The number of halogens is 3. The molecule has 23 heavy (non-hydrogen) atoms. The number of nitro groups is 1. The van der Waals surface area contributed by atoms with E-state index >= 15 is 0 Å². The van der Waals surface area contributed by atoms with E-state index in [1.54, 1.807) is 0 Å². The van der Waals surface area contributed by atoms with Gasteiger partial charge in [-0.2, -0.15) is 17.9 Å². The Kier molecular flexibility index (Phi) is 4.34. The van der Waals surface area contributed by atoms with Gasteiger partial charge in [0.15, 0.2) is 0 Å². The average Bonchev–Trinajstić information content (AvgIpc) is 2.79. The Bertz CT molecular complexity index is 755. The monoisotopic (exact) mass is 328 g/mol. The maximum atomic E-state index is 12.8. The molecule has 0 saturated heterocycles. The van der Waals surface area contributed by atoms with Crippen LogP contribution < -0.4 is 5.32 Å². The molecule has 0 fully saturated rings. The van der Waals surface area contributed by atoms with Gasteiger partial charge in [0.1, 0.15) is 6.54 Å². The number of carbonyl (C=O) groups is 1. The predicted octanol–water partition coefficient (Wildman–Crippen LogP) is 2.76. The number of nitrogens with one attached hydrogen (secondary N) is 1. The third-order valence-electron chi connectivity index (χ3n) is 2.96. The molecule has 0 radical (unpaired) electrons. The first-order chi connectivity index (χ1) is 10.7. The molecular weight excluding hydrogens is 317 g/mol. The number of hydrogen-bond donors (Lipinski definition) is 1. The molecule has 0 unspecified atom stereocenters. The number of carbonyl (C=O) groups excluding carboxylic acids is 1. The highest BCUT2D eigenvalue weighted by molar-refractivity contribution is 5.91. The summed E-state index contributed by atoms with van der Waals surface area (Å²) in [7, 11) is 0. The first kappa shape index (κ1) is 16.5. The minimum Gasteiger partial charge on any atom is -0.358 e. The number of aryl methyl sites for hydroxylation is 1. The van der Waals surface area contributed by atoms with Gasteiger partial charge in [-0.05, 0) is 24.0 Å². The number of rotatable bonds is 4. The zero-order valence-electron chi connectivity index (χ0n) is 11.8. The lowest BCUT2D eigenvalue weighted by Crippen LogP contribution is -2.22. The van der Waals surface area contributed by atoms with Crippen LogP contribution in [-0.2, 0) is 17.5 Å². The van der Waals surface area contributed by atoms with Gasteiger partial charge in [-0.1, -0.05) is 12.1 Å². The van der Waals surface area contributed by atoms with Crippen molar-refractivity contribution in [2.75, 3.05) is 5.32 Å². The molecule has 0 bridgehead atoms. The molecule has 1 amide bonds. The van der Waals surface area contributed by atoms with Gasteiger partial charge in [0, 0.05) is 0 Å². The fourth-order valence-corrected chi connectivity index (χ4v) is 1.91. The van der Waals surface area contributed by atoms with Crippen molar-refractivity contribution in [3.63, 3.8) is 0 Å². The largest absolute Gasteiger partial charge is 0.418 e. The van der Waals surface area contributed by atoms with Crippen molar-refractivity contribution < 1.29 is 22.9 Å². The lowest BCUT2D eigenvalue weighted by molar-refractivity contribution is -0.389. The van der Waals surface area contributed by atoms with Crippen LogP contribution in [0.5, 0.6) is 0 Å². The first-order valence-electron chi connectivity index (χ1n) is 6.33. The quantitative estimate of drug-likeness (QED) is 0.690. The summed E-state index contributed by atoms with van der Waals surface area (Å²) in [4.78, 5) is 21.8. The third-order valence-corrected chi connectivity index (χ3v) is 2.96. The molecule has 0 aliphatic carbocycles. The summed E-state index contributed by atoms with van der Waals surface area (Å²) in [5.74, 6) is -1.21. The fraction of sp³-hybridized carbons (Fsp3) is 0.231. The van der Waals surface area contributed by atoms with Crippen molar-refractivity contribution in [2.45, 2.75) is 19.6 Å². The van der Waals surface area contributed by atoms with E-state index in [0.29, 0.717) is 5.69 Å². The van der Waals surface area contributed by atoms with Crippen molar-refractivity contribution in [1.29, 1.82) is 0 Å². The summed E-state index contributed by atoms with van der Waals surface area (Å²) in [5.41, 5.74) is -1.02. The second kappa shape index (κ2) is 6.07. The van der Waals surface area contributed by atoms with Crippen LogP contribution in [0.2, 0.25) is 0 Å². The van der Waals surface area contributed by atoms with Gasteiger partial charge >= 0.3 is 12.0 Å². The maximum Gasteiger partial charge on any atom is 0.418 e. The summed E-state index contributed by atoms with van der Waals surface area (Å²) >= 11 is 0. The van der Waals surface area contributed by atoms with Gasteiger partial charge < -0.3 is 15.4 Å². The van der Waals surface area contributed by atoms with Crippen molar-refractivity contribution in [1.82, 2.24) is 9.78 Å². The number of alkyl halides is 3. The SMILES string of the molecule is Cc1cc([N+](=O)[O-])nn1CC(=O)Nc1ccccc1C(F)(F)F. The smallest absolute Gasteiger partial charge is 0.358 e. The van der Waals surface area contributed by atoms with Crippen molar-refractivity contribution in [3.8, 4) is 0 Å². The summed E-state index contributed by atoms with van der Waals surface area (Å²) in [5, 5.41) is 16.3. The maximum absolute atomic E-state index is 12.8. The number of para-hydroxylation sites is 1. The zero-order valence-corrected chi connectivity index (χ0v) is 11.8. The van der Waals surface area contributed by atoms with Crippen LogP contribution in [0.15, 0.2) is 30.3 Å². The highest BCUT2D eigenvalue weighted by Crippen LogP contribution is 2.34. The Labute approximate surface area is 127 Å². The molecule has 0 saturated carbocycles. The average molecular weight is 328 g/mol. The number of aromatic nitrogens is 2. The Morgan fingerprint density at radius 2 is 2.04 bits per heavy atom. The highest BCUT2D eigenvalue weighted by atomic mass is 19.4. The van der Waals surface area contributed by atoms with E-state index in [0.717, 1.165) is 22.9 Å². The van der Waals surface area contributed by atoms with Gasteiger partial charge in [0.25, 0.3) is 0 Å². The number of nitrogens with zero attached hydrogens (tertiary/aromatic N) is 3. The minimum atomic E-state index is -4.61. The second-order valence-electron chi connectivity index (χ2n) is 4.65. The molecule has 122 valence electrons. The Morgan fingerprint density at radius 1 is 1.39 bits per heavy atom. The van der Waals surface area contributed by atoms with Crippen LogP contribution in [0.25, 0.3) is 0 Å². The van der Waals surface area contributed by atoms with Crippen LogP contribution in [0.3, 0.4) is 0 Å². The molecule has 0 aliphatic heterocycles. The molecule has 0 atom stereocenters. The van der Waals surface area contributed by atoms with Gasteiger partial charge in [0.2, 0.25) is 5.91 Å². The second-order valence-corrected chi connectivity index (χ2v) is 4.65. The molecule has 1 aromatic heterocycles. The van der Waals surface area contributed by atoms with E-state index < -0.39 is 34.9 Å². The normalized spacial score (nSPS) is 11.3. The van der Waals surface area contributed by atoms with E-state index in [1.165, 1.54) is 19.1 Å². The van der Waals surface area contributed by atoms with E-state index in [-0.39, 0.29) is 5.69 Å². The minimum absolute atomic E-state index is 0.343. The van der Waals surface area contributed by atoms with Crippen LogP contribution in [0.4, 0.5) is 24.7 Å². The first-order valence-corrected chi connectivity index (χ1v) is 6.33. The molecule has 1 aromatic carbocycles. The van der Waals surface area contributed by atoms with E-state index in [1.807, 2.05) is 0 Å². The number of benzene rings is 1. The lowest BCUT2D eigenvalue weighted by atomic mass is 10.1. The Morgan fingerprint density at radius 3 is 2.61 bits per heavy atom. The van der Waals surface area contributed by atoms with Crippen molar-refractivity contribution in [3.05, 3.63) is 51.7 Å². The van der Waals surface area contributed by atoms with Crippen LogP contribution in [-0.4, -0.2) is 20.6 Å². The molecule has 2 rings (SSSR count). The summed E-state index contributed by atoms with van der Waals surface area (Å²) < 4.78 is 39.6. The van der Waals surface area contributed by atoms with Gasteiger partial charge in [-0.3, -0.25) is 4.79 Å².